The van der Waals surface area contributed by atoms with Crippen molar-refractivity contribution in [1.82, 2.24) is 0 Å². The van der Waals surface area contributed by atoms with Crippen LogP contribution in [-0.4, -0.2) is 17.6 Å². The lowest BCUT2D eigenvalue weighted by Gasteiger charge is -2.14. The summed E-state index contributed by atoms with van der Waals surface area (Å²) in [6.07, 6.45) is -8.53. The number of aromatic hydroxyl groups is 1. The first-order chi connectivity index (χ1) is 6.41. The normalized spacial score (nSPS) is 13.7. The predicted molar refractivity (Wildman–Crippen MR) is 39.7 cm³/mol. The van der Waals surface area contributed by atoms with Crippen molar-refractivity contribution >= 4 is 0 Å². The van der Waals surface area contributed by atoms with Crippen molar-refractivity contribution < 1.29 is 27.4 Å². The Bertz CT molecular complexity index is 310. The van der Waals surface area contributed by atoms with Crippen molar-refractivity contribution in [1.29, 1.82) is 0 Å². The van der Waals surface area contributed by atoms with E-state index in [-0.39, 0.29) is 0 Å². The maximum absolute atomic E-state index is 12.3. The molecule has 1 N–H and O–H groups in total. The predicted octanol–water partition coefficient (Wildman–Crippen LogP) is 2.63. The number of phenolic OH excluding ortho intramolecular Hbond substituents is 1. The zero-order valence-corrected chi connectivity index (χ0v) is 6.75. The molecule has 0 saturated carbocycles. The summed E-state index contributed by atoms with van der Waals surface area (Å²) in [6, 6.07) is 4.83. The highest BCUT2D eigenvalue weighted by Crippen LogP contribution is 2.30. The van der Waals surface area contributed by atoms with Crippen LogP contribution in [0.5, 0.6) is 11.5 Å². The van der Waals surface area contributed by atoms with E-state index in [0.29, 0.717) is 0 Å². The minimum atomic E-state index is -5.09. The Morgan fingerprint density at radius 1 is 1.21 bits per heavy atom. The number of hydrogen-bond donors (Lipinski definition) is 1. The second kappa shape index (κ2) is 3.73. The standard InChI is InChI=1S/C8H6F4O2/c9-7(8(10,11)12)14-6-4-2-1-3-5(6)13/h1-4,7,13H. The number of halogens is 4. The van der Waals surface area contributed by atoms with Crippen molar-refractivity contribution in [2.45, 2.75) is 12.5 Å². The van der Waals surface area contributed by atoms with Crippen LogP contribution in [0, 0.1) is 0 Å². The molecule has 0 heterocycles. The number of para-hydroxylation sites is 2. The Labute approximate surface area is 76.7 Å². The van der Waals surface area contributed by atoms with E-state index in [9.17, 15) is 17.6 Å². The zero-order valence-electron chi connectivity index (χ0n) is 6.75. The average molecular weight is 210 g/mol. The largest absolute Gasteiger partial charge is 0.504 e. The van der Waals surface area contributed by atoms with Crippen LogP contribution in [0.2, 0.25) is 0 Å². The van der Waals surface area contributed by atoms with Gasteiger partial charge in [-0.1, -0.05) is 12.1 Å². The van der Waals surface area contributed by atoms with Crippen LogP contribution >= 0.6 is 0 Å². The first kappa shape index (κ1) is 10.6. The number of ether oxygens (including phenoxy) is 1. The third-order valence-corrected chi connectivity index (χ3v) is 1.35. The Morgan fingerprint density at radius 2 is 1.79 bits per heavy atom. The van der Waals surface area contributed by atoms with Gasteiger partial charge in [0.15, 0.2) is 11.5 Å². The van der Waals surface area contributed by atoms with Crippen molar-refractivity contribution in [3.8, 4) is 11.5 Å². The van der Waals surface area contributed by atoms with E-state index in [1.165, 1.54) is 12.1 Å². The lowest BCUT2D eigenvalue weighted by atomic mass is 10.3. The first-order valence-corrected chi connectivity index (χ1v) is 3.56. The van der Waals surface area contributed by atoms with Gasteiger partial charge < -0.3 is 9.84 Å². The molecular weight excluding hydrogens is 204 g/mol. The molecule has 1 aromatic carbocycles. The number of phenols is 1. The lowest BCUT2D eigenvalue weighted by Crippen LogP contribution is -2.29. The summed E-state index contributed by atoms with van der Waals surface area (Å²) in [5, 5.41) is 8.97. The fraction of sp³-hybridized carbons (Fsp3) is 0.250. The number of benzene rings is 1. The van der Waals surface area contributed by atoms with Crippen LogP contribution in [0.1, 0.15) is 0 Å². The van der Waals surface area contributed by atoms with E-state index in [1.54, 1.807) is 0 Å². The molecule has 0 bridgehead atoms. The van der Waals surface area contributed by atoms with E-state index < -0.39 is 24.0 Å². The molecule has 2 nitrogen and oxygen atoms in total. The third kappa shape index (κ3) is 2.51. The maximum Gasteiger partial charge on any atom is 0.457 e. The Hall–Kier alpha value is -1.46. The van der Waals surface area contributed by atoms with Crippen molar-refractivity contribution in [3.05, 3.63) is 24.3 Å². The number of hydrogen-bond acceptors (Lipinski definition) is 2. The molecule has 0 spiro atoms. The summed E-state index contributed by atoms with van der Waals surface area (Å²) in [7, 11) is 0. The van der Waals surface area contributed by atoms with Gasteiger partial charge >= 0.3 is 12.5 Å². The SMILES string of the molecule is Oc1ccccc1OC(F)C(F)(F)F. The highest BCUT2D eigenvalue weighted by molar-refractivity contribution is 5.37. The highest BCUT2D eigenvalue weighted by Gasteiger charge is 2.42. The molecule has 78 valence electrons. The molecule has 14 heavy (non-hydrogen) atoms. The summed E-state index contributed by atoms with van der Waals surface area (Å²) in [5.74, 6) is -1.09. The summed E-state index contributed by atoms with van der Waals surface area (Å²) in [4.78, 5) is 0. The number of rotatable bonds is 2. The van der Waals surface area contributed by atoms with Gasteiger partial charge in [-0.05, 0) is 12.1 Å². The van der Waals surface area contributed by atoms with Crippen molar-refractivity contribution in [2.24, 2.45) is 0 Å². The molecule has 0 aliphatic heterocycles. The van der Waals surface area contributed by atoms with E-state index in [1.807, 2.05) is 0 Å². The van der Waals surface area contributed by atoms with E-state index >= 15 is 0 Å². The molecule has 1 atom stereocenters. The molecule has 6 heteroatoms. The van der Waals surface area contributed by atoms with E-state index in [0.717, 1.165) is 12.1 Å². The molecule has 0 fully saturated rings. The molecule has 1 unspecified atom stereocenters. The minimum Gasteiger partial charge on any atom is -0.504 e. The summed E-state index contributed by atoms with van der Waals surface area (Å²) in [6.45, 7) is 0. The molecule has 0 saturated heterocycles. The van der Waals surface area contributed by atoms with Gasteiger partial charge in [0.05, 0.1) is 0 Å². The second-order valence-corrected chi connectivity index (χ2v) is 2.44. The summed E-state index contributed by atoms with van der Waals surface area (Å²) >= 11 is 0. The Balaban J connectivity index is 2.75. The average Bonchev–Trinajstić information content (AvgIpc) is 2.07. The number of alkyl halides is 4. The molecule has 0 radical (unpaired) electrons. The molecule has 0 aromatic heterocycles. The lowest BCUT2D eigenvalue weighted by molar-refractivity contribution is -0.236. The fourth-order valence-corrected chi connectivity index (χ4v) is 0.735. The van der Waals surface area contributed by atoms with Crippen LogP contribution < -0.4 is 4.74 Å². The third-order valence-electron chi connectivity index (χ3n) is 1.35. The topological polar surface area (TPSA) is 29.5 Å². The summed E-state index contributed by atoms with van der Waals surface area (Å²) in [5.41, 5.74) is 0. The van der Waals surface area contributed by atoms with Crippen LogP contribution in [0.25, 0.3) is 0 Å². The van der Waals surface area contributed by atoms with Crippen LogP contribution in [0.4, 0.5) is 17.6 Å². The zero-order chi connectivity index (χ0) is 10.8. The van der Waals surface area contributed by atoms with Crippen molar-refractivity contribution in [3.63, 3.8) is 0 Å². The Morgan fingerprint density at radius 3 is 2.29 bits per heavy atom. The van der Waals surface area contributed by atoms with Crippen LogP contribution in [0.15, 0.2) is 24.3 Å². The van der Waals surface area contributed by atoms with Gasteiger partial charge in [-0.15, -0.1) is 0 Å². The van der Waals surface area contributed by atoms with E-state index in [2.05, 4.69) is 4.74 Å². The van der Waals surface area contributed by atoms with Gasteiger partial charge in [0.2, 0.25) is 0 Å². The second-order valence-electron chi connectivity index (χ2n) is 2.44. The molecule has 0 aliphatic carbocycles. The van der Waals surface area contributed by atoms with Gasteiger partial charge in [0.25, 0.3) is 0 Å². The molecule has 0 amide bonds. The Kier molecular flexibility index (Phi) is 2.83. The monoisotopic (exact) mass is 210 g/mol. The van der Waals surface area contributed by atoms with Gasteiger partial charge in [-0.3, -0.25) is 0 Å². The first-order valence-electron chi connectivity index (χ1n) is 3.56. The summed E-state index contributed by atoms with van der Waals surface area (Å²) < 4.78 is 51.2. The van der Waals surface area contributed by atoms with Gasteiger partial charge in [-0.25, -0.2) is 0 Å². The highest BCUT2D eigenvalue weighted by atomic mass is 19.4. The molecular formula is C8H6F4O2. The smallest absolute Gasteiger partial charge is 0.457 e. The van der Waals surface area contributed by atoms with Crippen LogP contribution in [0.3, 0.4) is 0 Å². The molecule has 0 aliphatic rings. The van der Waals surface area contributed by atoms with Crippen molar-refractivity contribution in [2.75, 3.05) is 0 Å². The quantitative estimate of drug-likeness (QED) is 0.760. The van der Waals surface area contributed by atoms with Gasteiger partial charge in [0.1, 0.15) is 0 Å². The van der Waals surface area contributed by atoms with Gasteiger partial charge in [0, 0.05) is 0 Å². The van der Waals surface area contributed by atoms with E-state index in [4.69, 9.17) is 5.11 Å². The van der Waals surface area contributed by atoms with Gasteiger partial charge in [-0.2, -0.15) is 17.6 Å². The molecule has 1 rings (SSSR count). The van der Waals surface area contributed by atoms with Crippen LogP contribution in [-0.2, 0) is 0 Å². The maximum atomic E-state index is 12.3. The molecule has 1 aromatic rings. The fourth-order valence-electron chi connectivity index (χ4n) is 0.735. The minimum absolute atomic E-state index is 0.542.